The molecule has 6 nitrogen and oxygen atoms in total. The molecule has 190 valence electrons. The molecule has 1 aliphatic heterocycles. The Hall–Kier alpha value is -2.80. The molecule has 2 N–H and O–H groups in total. The summed E-state index contributed by atoms with van der Waals surface area (Å²) in [6.07, 6.45) is 11.2. The van der Waals surface area contributed by atoms with Crippen molar-refractivity contribution < 1.29 is 9.90 Å². The van der Waals surface area contributed by atoms with Crippen molar-refractivity contribution in [2.75, 3.05) is 5.45 Å². The first-order chi connectivity index (χ1) is 16.9. The van der Waals surface area contributed by atoms with Gasteiger partial charge in [-0.05, 0) is 25.0 Å². The number of halogens is 1. The molecule has 0 radical (unpaired) electrons. The highest BCUT2D eigenvalue weighted by Gasteiger charge is 2.18. The molecule has 35 heavy (non-hydrogen) atoms. The molecule has 1 fully saturated rings. The van der Waals surface area contributed by atoms with E-state index in [9.17, 15) is 0 Å². The molecule has 0 spiro atoms. The zero-order chi connectivity index (χ0) is 26.1. The first kappa shape index (κ1) is 30.2. The van der Waals surface area contributed by atoms with Crippen molar-refractivity contribution in [3.05, 3.63) is 66.0 Å². The fourth-order valence-electron chi connectivity index (χ4n) is 3.51. The fourth-order valence-corrected chi connectivity index (χ4v) is 3.75. The van der Waals surface area contributed by atoms with Crippen LogP contribution in [0.2, 0.25) is 0 Å². The highest BCUT2D eigenvalue weighted by molar-refractivity contribution is 9.09. The maximum atomic E-state index is 9.00. The fraction of sp³-hybridized carbons (Fsp3) is 0.429. The number of carboxylic acid groups (broad SMARTS) is 1. The van der Waals surface area contributed by atoms with E-state index in [1.807, 2.05) is 75.5 Å². The molecule has 1 aliphatic carbocycles. The third kappa shape index (κ3) is 11.5. The molecular formula is C28H39BrN4O2. The van der Waals surface area contributed by atoms with Crippen molar-refractivity contribution in [2.45, 2.75) is 66.7 Å². The predicted molar refractivity (Wildman–Crippen MR) is 151 cm³/mol. The minimum Gasteiger partial charge on any atom is -0.481 e. The summed E-state index contributed by atoms with van der Waals surface area (Å²) >= 11 is 3.30. The third-order valence-corrected chi connectivity index (χ3v) is 5.46. The van der Waals surface area contributed by atoms with Crippen molar-refractivity contribution in [1.29, 1.82) is 0 Å². The summed E-state index contributed by atoms with van der Waals surface area (Å²) in [6.45, 7) is 9.40. The van der Waals surface area contributed by atoms with Gasteiger partial charge < -0.3 is 10.4 Å². The smallest absolute Gasteiger partial charge is 0.300 e. The van der Waals surface area contributed by atoms with Gasteiger partial charge in [-0.25, -0.2) is 4.99 Å². The van der Waals surface area contributed by atoms with Gasteiger partial charge in [0, 0.05) is 24.2 Å². The number of nitrogens with zero attached hydrogens (tertiary/aromatic N) is 3. The van der Waals surface area contributed by atoms with Gasteiger partial charge in [-0.3, -0.25) is 14.8 Å². The van der Waals surface area contributed by atoms with Crippen LogP contribution >= 0.6 is 15.9 Å². The Bertz CT molecular complexity index is 960. The number of aliphatic carboxylic acids is 1. The Kier molecular flexibility index (Phi) is 15.2. The summed E-state index contributed by atoms with van der Waals surface area (Å²) < 4.78 is 0. The van der Waals surface area contributed by atoms with Crippen LogP contribution in [0.5, 0.6) is 0 Å². The molecule has 1 aromatic heterocycles. The topological polar surface area (TPSA) is 86.9 Å². The van der Waals surface area contributed by atoms with Crippen LogP contribution < -0.4 is 5.32 Å². The summed E-state index contributed by atoms with van der Waals surface area (Å²) in [5.41, 5.74) is 4.44. The van der Waals surface area contributed by atoms with Gasteiger partial charge >= 0.3 is 0 Å². The van der Waals surface area contributed by atoms with Crippen molar-refractivity contribution in [3.8, 4) is 11.3 Å². The number of rotatable bonds is 3. The van der Waals surface area contributed by atoms with E-state index in [4.69, 9.17) is 9.90 Å². The SMILES string of the molecule is C/C=C1/NC(c2ccc(-c3ccccc3)nc2)=N/C1=N/CBr.CC.CC(=O)O.CC1CCCCC1. The maximum Gasteiger partial charge on any atom is 0.300 e. The largest absolute Gasteiger partial charge is 0.481 e. The van der Waals surface area contributed by atoms with E-state index in [-0.39, 0.29) is 0 Å². The summed E-state index contributed by atoms with van der Waals surface area (Å²) in [6, 6.07) is 14.1. The standard InChI is InChI=1S/C17H15BrN4.C7H14.C2H4O2.C2H6/c1-2-14-17(20-11-18)22-16(21-14)13-8-9-15(19-10-13)12-6-4-3-5-7-12;1-7-5-3-2-4-6-7;1-2(3)4;1-2/h2-10H,11H2,1H3,(H,20,21,22);7H,2-6H2,1H3;1H3,(H,3,4);1-2H3/b14-2+;;;. The lowest BCUT2D eigenvalue weighted by molar-refractivity contribution is -0.134. The summed E-state index contributed by atoms with van der Waals surface area (Å²) in [5, 5.41) is 10.7. The zero-order valence-corrected chi connectivity index (χ0v) is 23.2. The number of hydrogen-bond donors (Lipinski definition) is 2. The molecule has 0 amide bonds. The van der Waals surface area contributed by atoms with Crippen LogP contribution in [0.3, 0.4) is 0 Å². The highest BCUT2D eigenvalue weighted by atomic mass is 79.9. The van der Waals surface area contributed by atoms with Gasteiger partial charge in [0.1, 0.15) is 5.84 Å². The van der Waals surface area contributed by atoms with Crippen molar-refractivity contribution in [3.63, 3.8) is 0 Å². The van der Waals surface area contributed by atoms with Gasteiger partial charge in [-0.2, -0.15) is 0 Å². The molecule has 0 atom stereocenters. The number of amidine groups is 2. The number of benzene rings is 1. The minimum atomic E-state index is -0.833. The number of aromatic nitrogens is 1. The Balaban J connectivity index is 0.000000389. The molecular weight excluding hydrogens is 504 g/mol. The van der Waals surface area contributed by atoms with Gasteiger partial charge in [0.15, 0.2) is 5.84 Å². The molecule has 1 aromatic carbocycles. The minimum absolute atomic E-state index is 0.531. The van der Waals surface area contributed by atoms with Gasteiger partial charge in [0.05, 0.1) is 16.8 Å². The number of allylic oxidation sites excluding steroid dienone is 1. The number of nitrogens with one attached hydrogen (secondary N) is 1. The summed E-state index contributed by atoms with van der Waals surface area (Å²) in [5.74, 6) is 1.69. The summed E-state index contributed by atoms with van der Waals surface area (Å²) in [4.78, 5) is 22.4. The van der Waals surface area contributed by atoms with Crippen LogP contribution in [0.15, 0.2) is 70.4 Å². The first-order valence-electron chi connectivity index (χ1n) is 12.3. The van der Waals surface area contributed by atoms with Crippen LogP contribution in [0.4, 0.5) is 0 Å². The van der Waals surface area contributed by atoms with E-state index in [0.29, 0.717) is 11.3 Å². The lowest BCUT2D eigenvalue weighted by atomic mass is 9.91. The molecule has 0 bridgehead atoms. The van der Waals surface area contributed by atoms with Crippen LogP contribution in [-0.2, 0) is 4.79 Å². The Morgan fingerprint density at radius 2 is 1.74 bits per heavy atom. The zero-order valence-electron chi connectivity index (χ0n) is 21.6. The Labute approximate surface area is 218 Å². The van der Waals surface area contributed by atoms with E-state index in [0.717, 1.165) is 41.2 Å². The number of pyridine rings is 1. The number of carboxylic acids is 1. The average Bonchev–Trinajstić information content (AvgIpc) is 3.30. The van der Waals surface area contributed by atoms with E-state index in [1.54, 1.807) is 0 Å². The van der Waals surface area contributed by atoms with Crippen molar-refractivity contribution in [1.82, 2.24) is 10.3 Å². The Morgan fingerprint density at radius 1 is 1.11 bits per heavy atom. The number of hydrogen-bond acceptors (Lipinski definition) is 4. The highest BCUT2D eigenvalue weighted by Crippen LogP contribution is 2.22. The number of alkyl halides is 1. The normalized spacial score (nSPS) is 17.0. The second-order valence-electron chi connectivity index (χ2n) is 7.95. The first-order valence-corrected chi connectivity index (χ1v) is 13.4. The van der Waals surface area contributed by atoms with Gasteiger partial charge in [-0.15, -0.1) is 0 Å². The molecule has 1 saturated carbocycles. The van der Waals surface area contributed by atoms with Crippen LogP contribution in [0.25, 0.3) is 11.3 Å². The number of aliphatic imine (C=N–C) groups is 2. The molecule has 4 rings (SSSR count). The summed E-state index contributed by atoms with van der Waals surface area (Å²) in [7, 11) is 0. The van der Waals surface area contributed by atoms with Gasteiger partial charge in [0.25, 0.3) is 5.97 Å². The van der Waals surface area contributed by atoms with Crippen molar-refractivity contribution >= 4 is 33.6 Å². The average molecular weight is 544 g/mol. The van der Waals surface area contributed by atoms with Crippen LogP contribution in [0.1, 0.15) is 72.3 Å². The lowest BCUT2D eigenvalue weighted by Crippen LogP contribution is -2.19. The number of carbonyl (C=O) groups is 1. The monoisotopic (exact) mass is 542 g/mol. The molecule has 2 aromatic rings. The van der Waals surface area contributed by atoms with Crippen molar-refractivity contribution in [2.24, 2.45) is 15.9 Å². The van der Waals surface area contributed by atoms with E-state index in [1.165, 1.54) is 32.1 Å². The molecule has 0 saturated heterocycles. The molecule has 7 heteroatoms. The maximum absolute atomic E-state index is 9.00. The van der Waals surface area contributed by atoms with Gasteiger partial charge in [-0.1, -0.05) is 105 Å². The third-order valence-electron chi connectivity index (χ3n) is 5.21. The quantitative estimate of drug-likeness (QED) is 0.311. The van der Waals surface area contributed by atoms with Gasteiger partial charge in [0.2, 0.25) is 0 Å². The van der Waals surface area contributed by atoms with Crippen LogP contribution in [-0.4, -0.2) is 33.2 Å². The predicted octanol–water partition coefficient (Wildman–Crippen LogP) is 7.46. The molecule has 0 unspecified atom stereocenters. The Morgan fingerprint density at radius 3 is 2.20 bits per heavy atom. The molecule has 2 aliphatic rings. The molecule has 2 heterocycles. The second-order valence-corrected chi connectivity index (χ2v) is 8.45. The van der Waals surface area contributed by atoms with E-state index < -0.39 is 5.97 Å². The van der Waals surface area contributed by atoms with E-state index in [2.05, 4.69) is 43.1 Å². The lowest BCUT2D eigenvalue weighted by Gasteiger charge is -2.15. The second kappa shape index (κ2) is 17.6. The van der Waals surface area contributed by atoms with E-state index >= 15 is 0 Å². The van der Waals surface area contributed by atoms with Crippen LogP contribution in [0, 0.1) is 5.92 Å².